The van der Waals surface area contributed by atoms with Crippen LogP contribution in [0.3, 0.4) is 0 Å². The number of hydrogen-bond donors (Lipinski definition) is 1. The molecule has 0 bridgehead atoms. The average molecular weight is 193 g/mol. The molecule has 0 amide bonds. The highest BCUT2D eigenvalue weighted by Crippen LogP contribution is 2.29. The lowest BCUT2D eigenvalue weighted by atomic mass is 10.1. The van der Waals surface area contributed by atoms with Crippen molar-refractivity contribution in [2.45, 2.75) is 38.0 Å². The van der Waals surface area contributed by atoms with E-state index in [-0.39, 0.29) is 12.3 Å². The highest BCUT2D eigenvalue weighted by molar-refractivity contribution is 5.81. The first kappa shape index (κ1) is 9.47. The molecule has 1 aliphatic heterocycles. The van der Waals surface area contributed by atoms with Gasteiger partial charge in [-0.25, -0.2) is 4.99 Å². The SMILES string of the molecule is CNC1OC(C2CCCC2)=NC1C#N. The summed E-state index contributed by atoms with van der Waals surface area (Å²) >= 11 is 0. The molecule has 76 valence electrons. The van der Waals surface area contributed by atoms with Crippen molar-refractivity contribution in [3.63, 3.8) is 0 Å². The summed E-state index contributed by atoms with van der Waals surface area (Å²) in [7, 11) is 1.79. The number of ether oxygens (including phenoxy) is 1. The lowest BCUT2D eigenvalue weighted by Crippen LogP contribution is -2.35. The highest BCUT2D eigenvalue weighted by atomic mass is 16.5. The van der Waals surface area contributed by atoms with Crippen LogP contribution in [0.25, 0.3) is 0 Å². The van der Waals surface area contributed by atoms with Gasteiger partial charge in [-0.1, -0.05) is 12.8 Å². The second-order valence-electron chi connectivity index (χ2n) is 3.85. The number of likely N-dealkylation sites (N-methyl/N-ethyl adjacent to an activating group) is 1. The quantitative estimate of drug-likeness (QED) is 0.713. The van der Waals surface area contributed by atoms with Gasteiger partial charge >= 0.3 is 0 Å². The summed E-state index contributed by atoms with van der Waals surface area (Å²) in [6, 6.07) is 1.78. The average Bonchev–Trinajstić information content (AvgIpc) is 2.85. The van der Waals surface area contributed by atoms with Crippen molar-refractivity contribution in [2.75, 3.05) is 7.05 Å². The standard InChI is InChI=1S/C10H15N3O/c1-12-10-8(6-11)13-9(14-10)7-4-2-3-5-7/h7-8,10,12H,2-5H2,1H3. The van der Waals surface area contributed by atoms with Crippen LogP contribution < -0.4 is 5.32 Å². The molecule has 0 spiro atoms. The summed E-state index contributed by atoms with van der Waals surface area (Å²) in [6.45, 7) is 0. The third-order valence-electron chi connectivity index (χ3n) is 2.92. The first-order chi connectivity index (χ1) is 6.85. The monoisotopic (exact) mass is 193 g/mol. The third kappa shape index (κ3) is 1.60. The molecule has 0 radical (unpaired) electrons. The number of rotatable bonds is 2. The van der Waals surface area contributed by atoms with Gasteiger partial charge in [-0.05, 0) is 19.9 Å². The maximum Gasteiger partial charge on any atom is 0.190 e. The van der Waals surface area contributed by atoms with Crippen molar-refractivity contribution < 1.29 is 4.74 Å². The van der Waals surface area contributed by atoms with Crippen LogP contribution in [0.2, 0.25) is 0 Å². The molecule has 2 atom stereocenters. The Morgan fingerprint density at radius 1 is 1.50 bits per heavy atom. The Morgan fingerprint density at radius 3 is 2.71 bits per heavy atom. The smallest absolute Gasteiger partial charge is 0.190 e. The Labute approximate surface area is 84.0 Å². The van der Waals surface area contributed by atoms with Crippen molar-refractivity contribution in [1.82, 2.24) is 5.32 Å². The van der Waals surface area contributed by atoms with Gasteiger partial charge in [-0.3, -0.25) is 5.32 Å². The van der Waals surface area contributed by atoms with Crippen LogP contribution >= 0.6 is 0 Å². The van der Waals surface area contributed by atoms with Gasteiger partial charge in [0.25, 0.3) is 0 Å². The molecule has 1 heterocycles. The molecule has 4 heteroatoms. The Morgan fingerprint density at radius 2 is 2.21 bits per heavy atom. The summed E-state index contributed by atoms with van der Waals surface area (Å²) in [4.78, 5) is 4.31. The number of nitrogens with zero attached hydrogens (tertiary/aromatic N) is 2. The molecule has 2 rings (SSSR count). The fourth-order valence-electron chi connectivity index (χ4n) is 2.12. The molecule has 0 aromatic heterocycles. The van der Waals surface area contributed by atoms with Crippen LogP contribution in [-0.2, 0) is 4.74 Å². The van der Waals surface area contributed by atoms with Crippen LogP contribution in [0.15, 0.2) is 4.99 Å². The fourth-order valence-corrected chi connectivity index (χ4v) is 2.12. The molecular formula is C10H15N3O. The Hall–Kier alpha value is -1.08. The van der Waals surface area contributed by atoms with E-state index in [0.717, 1.165) is 18.7 Å². The minimum Gasteiger partial charge on any atom is -0.459 e. The first-order valence-electron chi connectivity index (χ1n) is 5.16. The van der Waals surface area contributed by atoms with E-state index in [2.05, 4.69) is 16.4 Å². The Bertz CT molecular complexity index is 276. The van der Waals surface area contributed by atoms with Gasteiger partial charge < -0.3 is 4.74 Å². The summed E-state index contributed by atoms with van der Waals surface area (Å²) in [5.41, 5.74) is 0. The predicted octanol–water partition coefficient (Wildman–Crippen LogP) is 1.04. The molecule has 0 aromatic carbocycles. The van der Waals surface area contributed by atoms with Crippen LogP contribution in [0.4, 0.5) is 0 Å². The third-order valence-corrected chi connectivity index (χ3v) is 2.92. The Kier molecular flexibility index (Phi) is 2.69. The van der Waals surface area contributed by atoms with Crippen LogP contribution in [0, 0.1) is 17.2 Å². The largest absolute Gasteiger partial charge is 0.459 e. The van der Waals surface area contributed by atoms with E-state index in [1.54, 1.807) is 7.05 Å². The zero-order valence-corrected chi connectivity index (χ0v) is 8.36. The number of hydrogen-bond acceptors (Lipinski definition) is 4. The summed E-state index contributed by atoms with van der Waals surface area (Å²) in [5, 5.41) is 11.8. The zero-order valence-electron chi connectivity index (χ0n) is 8.36. The summed E-state index contributed by atoms with van der Waals surface area (Å²) in [5.74, 6) is 1.26. The normalized spacial score (nSPS) is 32.4. The minimum absolute atomic E-state index is 0.240. The molecule has 2 unspecified atom stereocenters. The van der Waals surface area contributed by atoms with E-state index < -0.39 is 0 Å². The molecule has 0 aromatic rings. The van der Waals surface area contributed by atoms with Crippen molar-refractivity contribution in [1.29, 1.82) is 5.26 Å². The topological polar surface area (TPSA) is 57.4 Å². The lowest BCUT2D eigenvalue weighted by Gasteiger charge is -2.14. The van der Waals surface area contributed by atoms with Gasteiger partial charge in [-0.2, -0.15) is 5.26 Å². The van der Waals surface area contributed by atoms with Crippen molar-refractivity contribution in [2.24, 2.45) is 10.9 Å². The molecule has 4 nitrogen and oxygen atoms in total. The molecular weight excluding hydrogens is 178 g/mol. The van der Waals surface area contributed by atoms with E-state index in [1.165, 1.54) is 12.8 Å². The molecule has 2 aliphatic rings. The maximum absolute atomic E-state index is 8.85. The number of nitrogens with one attached hydrogen (secondary N) is 1. The summed E-state index contributed by atoms with van der Waals surface area (Å²) < 4.78 is 5.61. The lowest BCUT2D eigenvalue weighted by molar-refractivity contribution is 0.168. The summed E-state index contributed by atoms with van der Waals surface area (Å²) in [6.07, 6.45) is 4.60. The van der Waals surface area contributed by atoms with Gasteiger partial charge in [0.2, 0.25) is 0 Å². The first-order valence-corrected chi connectivity index (χ1v) is 5.16. The Balaban J connectivity index is 2.04. The molecule has 0 saturated heterocycles. The molecule has 1 saturated carbocycles. The van der Waals surface area contributed by atoms with E-state index in [0.29, 0.717) is 5.92 Å². The number of aliphatic imine (C=N–C) groups is 1. The molecule has 14 heavy (non-hydrogen) atoms. The molecule has 1 fully saturated rings. The highest BCUT2D eigenvalue weighted by Gasteiger charge is 2.34. The van der Waals surface area contributed by atoms with E-state index in [4.69, 9.17) is 10.00 Å². The fraction of sp³-hybridized carbons (Fsp3) is 0.800. The molecule has 1 aliphatic carbocycles. The van der Waals surface area contributed by atoms with Gasteiger partial charge in [0.05, 0.1) is 6.07 Å². The van der Waals surface area contributed by atoms with Crippen molar-refractivity contribution in [3.8, 4) is 6.07 Å². The second kappa shape index (κ2) is 3.97. The van der Waals surface area contributed by atoms with Crippen molar-refractivity contribution >= 4 is 5.90 Å². The maximum atomic E-state index is 8.85. The van der Waals surface area contributed by atoms with E-state index in [9.17, 15) is 0 Å². The second-order valence-corrected chi connectivity index (χ2v) is 3.85. The zero-order chi connectivity index (χ0) is 9.97. The number of nitriles is 1. The van der Waals surface area contributed by atoms with Crippen molar-refractivity contribution in [3.05, 3.63) is 0 Å². The predicted molar refractivity (Wildman–Crippen MR) is 52.7 cm³/mol. The van der Waals surface area contributed by atoms with E-state index >= 15 is 0 Å². The minimum atomic E-state index is -0.365. The van der Waals surface area contributed by atoms with Crippen LogP contribution in [0.5, 0.6) is 0 Å². The van der Waals surface area contributed by atoms with Gasteiger partial charge in [0.1, 0.15) is 0 Å². The van der Waals surface area contributed by atoms with Gasteiger partial charge in [0.15, 0.2) is 18.2 Å². The van der Waals surface area contributed by atoms with Crippen LogP contribution in [-0.4, -0.2) is 25.2 Å². The van der Waals surface area contributed by atoms with Gasteiger partial charge in [0, 0.05) is 5.92 Å². The molecule has 1 N–H and O–H groups in total. The van der Waals surface area contributed by atoms with E-state index in [1.807, 2.05) is 0 Å². The van der Waals surface area contributed by atoms with Gasteiger partial charge in [-0.15, -0.1) is 0 Å². The van der Waals surface area contributed by atoms with Crippen LogP contribution in [0.1, 0.15) is 25.7 Å².